The van der Waals surface area contributed by atoms with Crippen LogP contribution in [0.2, 0.25) is 0 Å². The van der Waals surface area contributed by atoms with E-state index in [9.17, 15) is 9.59 Å². The van der Waals surface area contributed by atoms with E-state index in [2.05, 4.69) is 11.4 Å². The van der Waals surface area contributed by atoms with Crippen LogP contribution in [-0.2, 0) is 9.59 Å². The Kier molecular flexibility index (Phi) is 5.85. The van der Waals surface area contributed by atoms with Gasteiger partial charge in [0.1, 0.15) is 6.04 Å². The molecule has 0 aromatic carbocycles. The number of allylic oxidation sites excluding steroid dienone is 2. The quantitative estimate of drug-likeness (QED) is 0.834. The topological polar surface area (TPSA) is 49.4 Å². The first-order valence-electron chi connectivity index (χ1n) is 10.3. The average molecular weight is 347 g/mol. The Morgan fingerprint density at radius 2 is 1.80 bits per heavy atom. The van der Waals surface area contributed by atoms with Crippen LogP contribution < -0.4 is 5.32 Å². The SMILES string of the molecule is CC(C)C(=O)N1CCCC2(CCCCC2)[C@H]1C(=O)NC1=CCCCC1. The van der Waals surface area contributed by atoms with E-state index in [1.54, 1.807) is 0 Å². The van der Waals surface area contributed by atoms with Crippen LogP contribution in [0.5, 0.6) is 0 Å². The average Bonchev–Trinajstić information content (AvgIpc) is 2.62. The van der Waals surface area contributed by atoms with Crippen molar-refractivity contribution in [3.63, 3.8) is 0 Å². The second-order valence-corrected chi connectivity index (χ2v) is 8.58. The molecule has 3 rings (SSSR count). The van der Waals surface area contributed by atoms with Crippen molar-refractivity contribution in [1.29, 1.82) is 0 Å². The largest absolute Gasteiger partial charge is 0.330 e. The van der Waals surface area contributed by atoms with Gasteiger partial charge in [-0.3, -0.25) is 9.59 Å². The molecule has 1 saturated carbocycles. The highest BCUT2D eigenvalue weighted by atomic mass is 16.2. The molecule has 1 spiro atoms. The molecule has 25 heavy (non-hydrogen) atoms. The molecule has 0 radical (unpaired) electrons. The first-order valence-corrected chi connectivity index (χ1v) is 10.3. The van der Waals surface area contributed by atoms with Gasteiger partial charge in [0.2, 0.25) is 11.8 Å². The van der Waals surface area contributed by atoms with Crippen LogP contribution in [0.3, 0.4) is 0 Å². The van der Waals surface area contributed by atoms with Gasteiger partial charge in [0.25, 0.3) is 0 Å². The third kappa shape index (κ3) is 3.93. The number of nitrogens with zero attached hydrogens (tertiary/aromatic N) is 1. The van der Waals surface area contributed by atoms with Crippen molar-refractivity contribution in [3.8, 4) is 0 Å². The van der Waals surface area contributed by atoms with Gasteiger partial charge in [-0.25, -0.2) is 0 Å². The van der Waals surface area contributed by atoms with Gasteiger partial charge >= 0.3 is 0 Å². The molecule has 0 aromatic heterocycles. The second kappa shape index (κ2) is 7.92. The van der Waals surface area contributed by atoms with E-state index in [4.69, 9.17) is 0 Å². The fourth-order valence-electron chi connectivity index (χ4n) is 5.14. The Balaban J connectivity index is 1.86. The first kappa shape index (κ1) is 18.5. The molecular formula is C21H34N2O2. The van der Waals surface area contributed by atoms with Gasteiger partial charge in [-0.05, 0) is 56.8 Å². The molecule has 1 N–H and O–H groups in total. The van der Waals surface area contributed by atoms with E-state index < -0.39 is 0 Å². The minimum atomic E-state index is -0.278. The Bertz CT molecular complexity index is 527. The van der Waals surface area contributed by atoms with E-state index >= 15 is 0 Å². The lowest BCUT2D eigenvalue weighted by molar-refractivity contribution is -0.153. The number of carbonyl (C=O) groups excluding carboxylic acids is 2. The minimum Gasteiger partial charge on any atom is -0.330 e. The van der Waals surface area contributed by atoms with Crippen molar-refractivity contribution in [2.24, 2.45) is 11.3 Å². The van der Waals surface area contributed by atoms with E-state index in [-0.39, 0.29) is 29.2 Å². The standard InChI is InChI=1S/C21H34N2O2/c1-16(2)20(25)23-15-9-14-21(12-7-4-8-13-21)18(23)19(24)22-17-10-5-3-6-11-17/h10,16,18H,3-9,11-15H2,1-2H3,(H,22,24)/t18-/m1/s1. The number of nitrogens with one attached hydrogen (secondary N) is 1. The predicted octanol–water partition coefficient (Wildman–Crippen LogP) is 4.16. The van der Waals surface area contributed by atoms with Gasteiger partial charge in [0, 0.05) is 18.2 Å². The van der Waals surface area contributed by atoms with Gasteiger partial charge in [-0.15, -0.1) is 0 Å². The molecule has 4 nitrogen and oxygen atoms in total. The van der Waals surface area contributed by atoms with Crippen molar-refractivity contribution in [2.75, 3.05) is 6.54 Å². The van der Waals surface area contributed by atoms with Crippen molar-refractivity contribution >= 4 is 11.8 Å². The van der Waals surface area contributed by atoms with E-state index in [0.717, 1.165) is 57.2 Å². The lowest BCUT2D eigenvalue weighted by Gasteiger charge is -2.51. The van der Waals surface area contributed by atoms with E-state index in [0.29, 0.717) is 0 Å². The number of hydrogen-bond donors (Lipinski definition) is 1. The van der Waals surface area contributed by atoms with Gasteiger partial charge in [-0.1, -0.05) is 39.2 Å². The summed E-state index contributed by atoms with van der Waals surface area (Å²) in [5.41, 5.74) is 1.07. The molecule has 2 fully saturated rings. The van der Waals surface area contributed by atoms with Crippen molar-refractivity contribution in [1.82, 2.24) is 10.2 Å². The third-order valence-electron chi connectivity index (χ3n) is 6.41. The Hall–Kier alpha value is -1.32. The van der Waals surface area contributed by atoms with Crippen molar-refractivity contribution < 1.29 is 9.59 Å². The summed E-state index contributed by atoms with van der Waals surface area (Å²) in [6, 6.07) is -0.278. The monoisotopic (exact) mass is 346 g/mol. The number of amides is 2. The Labute approximate surface area is 152 Å². The van der Waals surface area contributed by atoms with E-state index in [1.165, 1.54) is 25.7 Å². The zero-order valence-electron chi connectivity index (χ0n) is 16.0. The third-order valence-corrected chi connectivity index (χ3v) is 6.41. The molecular weight excluding hydrogens is 312 g/mol. The second-order valence-electron chi connectivity index (χ2n) is 8.58. The number of hydrogen-bond acceptors (Lipinski definition) is 2. The fraction of sp³-hybridized carbons (Fsp3) is 0.810. The Morgan fingerprint density at radius 3 is 2.44 bits per heavy atom. The molecule has 1 atom stereocenters. The maximum absolute atomic E-state index is 13.3. The van der Waals surface area contributed by atoms with Crippen LogP contribution in [0.15, 0.2) is 11.8 Å². The number of piperidine rings is 1. The maximum atomic E-state index is 13.3. The molecule has 2 aliphatic carbocycles. The maximum Gasteiger partial charge on any atom is 0.247 e. The van der Waals surface area contributed by atoms with Gasteiger partial charge in [0.05, 0.1) is 0 Å². The summed E-state index contributed by atoms with van der Waals surface area (Å²) in [7, 11) is 0. The van der Waals surface area contributed by atoms with Crippen molar-refractivity contribution in [2.45, 2.75) is 90.5 Å². The molecule has 2 amide bonds. The molecule has 140 valence electrons. The molecule has 4 heteroatoms. The highest BCUT2D eigenvalue weighted by Crippen LogP contribution is 2.48. The van der Waals surface area contributed by atoms with Crippen LogP contribution in [0.1, 0.15) is 84.5 Å². The molecule has 0 unspecified atom stereocenters. The number of rotatable bonds is 3. The van der Waals surface area contributed by atoms with Gasteiger partial charge < -0.3 is 10.2 Å². The molecule has 0 aromatic rings. The summed E-state index contributed by atoms with van der Waals surface area (Å²) in [5.74, 6) is 0.161. The van der Waals surface area contributed by atoms with Crippen LogP contribution in [0.4, 0.5) is 0 Å². The first-order chi connectivity index (χ1) is 12.0. The van der Waals surface area contributed by atoms with Crippen LogP contribution in [-0.4, -0.2) is 29.3 Å². The summed E-state index contributed by atoms with van der Waals surface area (Å²) in [6.45, 7) is 4.63. The lowest BCUT2D eigenvalue weighted by atomic mass is 9.63. The van der Waals surface area contributed by atoms with Crippen LogP contribution >= 0.6 is 0 Å². The fourth-order valence-corrected chi connectivity index (χ4v) is 5.14. The zero-order chi connectivity index (χ0) is 17.9. The molecule has 0 bridgehead atoms. The molecule has 1 saturated heterocycles. The summed E-state index contributed by atoms with van der Waals surface area (Å²) in [6.07, 6.45) is 14.5. The number of carbonyl (C=O) groups is 2. The van der Waals surface area contributed by atoms with Crippen LogP contribution in [0, 0.1) is 11.3 Å². The molecule has 1 heterocycles. The minimum absolute atomic E-state index is 0.000357. The summed E-state index contributed by atoms with van der Waals surface area (Å²) in [4.78, 5) is 28.1. The normalized spacial score (nSPS) is 26.4. The molecule has 3 aliphatic rings. The highest BCUT2D eigenvalue weighted by Gasteiger charge is 2.50. The summed E-state index contributed by atoms with van der Waals surface area (Å²) in [5, 5.41) is 3.21. The Morgan fingerprint density at radius 1 is 1.08 bits per heavy atom. The molecule has 1 aliphatic heterocycles. The summed E-state index contributed by atoms with van der Waals surface area (Å²) >= 11 is 0. The van der Waals surface area contributed by atoms with Crippen LogP contribution in [0.25, 0.3) is 0 Å². The lowest BCUT2D eigenvalue weighted by Crippen LogP contribution is -2.62. The predicted molar refractivity (Wildman–Crippen MR) is 99.8 cm³/mol. The summed E-state index contributed by atoms with van der Waals surface area (Å²) < 4.78 is 0. The highest BCUT2D eigenvalue weighted by molar-refractivity contribution is 5.90. The van der Waals surface area contributed by atoms with Gasteiger partial charge in [0.15, 0.2) is 0 Å². The smallest absolute Gasteiger partial charge is 0.247 e. The van der Waals surface area contributed by atoms with E-state index in [1.807, 2.05) is 18.7 Å². The van der Waals surface area contributed by atoms with Gasteiger partial charge in [-0.2, -0.15) is 0 Å². The number of likely N-dealkylation sites (tertiary alicyclic amines) is 1. The zero-order valence-corrected chi connectivity index (χ0v) is 16.0. The van der Waals surface area contributed by atoms with Crippen molar-refractivity contribution in [3.05, 3.63) is 11.8 Å².